The van der Waals surface area contributed by atoms with Crippen molar-refractivity contribution in [1.29, 1.82) is 5.26 Å². The number of carbonyl (C=O) groups excluding carboxylic acids is 2. The number of nitrogens with one attached hydrogen (secondary N) is 2. The Morgan fingerprint density at radius 2 is 2.00 bits per heavy atom. The summed E-state index contributed by atoms with van der Waals surface area (Å²) in [7, 11) is 0. The van der Waals surface area contributed by atoms with Gasteiger partial charge in [0, 0.05) is 49.7 Å². The van der Waals surface area contributed by atoms with Crippen LogP contribution >= 0.6 is 0 Å². The summed E-state index contributed by atoms with van der Waals surface area (Å²) in [5.74, 6) is -0.744. The van der Waals surface area contributed by atoms with Crippen LogP contribution in [0.3, 0.4) is 0 Å². The van der Waals surface area contributed by atoms with Crippen LogP contribution in [0.5, 0.6) is 0 Å². The van der Waals surface area contributed by atoms with Gasteiger partial charge in [-0.25, -0.2) is 9.18 Å². The molecule has 38 heavy (non-hydrogen) atoms. The van der Waals surface area contributed by atoms with Crippen LogP contribution in [0, 0.1) is 32.7 Å². The maximum atomic E-state index is 15.3. The molecule has 11 nitrogen and oxygen atoms in total. The van der Waals surface area contributed by atoms with E-state index in [0.29, 0.717) is 36.6 Å². The monoisotopic (exact) mass is 524 g/mol. The molecular formula is C26H29FN6O5. The molecule has 2 saturated heterocycles. The van der Waals surface area contributed by atoms with E-state index in [1.165, 1.54) is 30.0 Å². The molecule has 2 N–H and O–H groups in total. The first kappa shape index (κ1) is 26.7. The third-order valence-electron chi connectivity index (χ3n) is 7.16. The Balaban J connectivity index is 1.48. The van der Waals surface area contributed by atoms with E-state index in [2.05, 4.69) is 16.7 Å². The maximum absolute atomic E-state index is 15.3. The van der Waals surface area contributed by atoms with Crippen LogP contribution in [0.15, 0.2) is 42.5 Å². The molecule has 12 heteroatoms. The van der Waals surface area contributed by atoms with Gasteiger partial charge in [-0.05, 0) is 30.3 Å². The fourth-order valence-corrected chi connectivity index (χ4v) is 4.93. The van der Waals surface area contributed by atoms with Gasteiger partial charge < -0.3 is 20.3 Å². The summed E-state index contributed by atoms with van der Waals surface area (Å²) in [4.78, 5) is 37.1. The minimum atomic E-state index is -0.988. The molecule has 0 spiro atoms. The molecule has 200 valence electrons. The standard InChI is InChI=1S/C26H29FN6O5/c1-17(34)29-13-21-14-32(24(35)38-21)20-8-9-23(22(27)12-20)31-11-10-26(15-28,25(2,3)16-31)30-18-4-6-19(7-5-18)33(36)37/h4-9,12,21,30H,10-11,13-14,16H2,1-3H3,(H,29,34). The van der Waals surface area contributed by atoms with Crippen molar-refractivity contribution in [2.75, 3.05) is 41.3 Å². The molecule has 0 aliphatic carbocycles. The first-order valence-electron chi connectivity index (χ1n) is 12.2. The van der Waals surface area contributed by atoms with E-state index in [0.717, 1.165) is 0 Å². The van der Waals surface area contributed by atoms with Gasteiger partial charge in [0.25, 0.3) is 5.69 Å². The van der Waals surface area contributed by atoms with Crippen molar-refractivity contribution in [2.24, 2.45) is 5.41 Å². The van der Waals surface area contributed by atoms with Gasteiger partial charge in [-0.15, -0.1) is 0 Å². The molecule has 2 amide bonds. The van der Waals surface area contributed by atoms with Gasteiger partial charge in [0.2, 0.25) is 5.91 Å². The molecule has 4 rings (SSSR count). The third kappa shape index (κ3) is 5.18. The van der Waals surface area contributed by atoms with Crippen molar-refractivity contribution in [3.63, 3.8) is 0 Å². The van der Waals surface area contributed by atoms with Gasteiger partial charge in [-0.3, -0.25) is 19.8 Å². The van der Waals surface area contributed by atoms with Crippen LogP contribution in [0.25, 0.3) is 0 Å². The van der Waals surface area contributed by atoms with E-state index < -0.39 is 33.9 Å². The van der Waals surface area contributed by atoms with Gasteiger partial charge in [0.1, 0.15) is 17.5 Å². The van der Waals surface area contributed by atoms with E-state index in [1.54, 1.807) is 24.3 Å². The highest BCUT2D eigenvalue weighted by Gasteiger charge is 2.50. The summed E-state index contributed by atoms with van der Waals surface area (Å²) in [5.41, 5.74) is -0.375. The molecule has 2 fully saturated rings. The van der Waals surface area contributed by atoms with E-state index in [1.807, 2.05) is 18.7 Å². The average Bonchev–Trinajstić information content (AvgIpc) is 3.24. The van der Waals surface area contributed by atoms with Gasteiger partial charge in [0.05, 0.1) is 35.5 Å². The Morgan fingerprint density at radius 1 is 1.29 bits per heavy atom. The van der Waals surface area contributed by atoms with Crippen LogP contribution in [0.1, 0.15) is 27.2 Å². The number of halogens is 1. The number of hydrogen-bond acceptors (Lipinski definition) is 8. The van der Waals surface area contributed by atoms with Crippen LogP contribution in [-0.2, 0) is 9.53 Å². The molecule has 2 heterocycles. The summed E-state index contributed by atoms with van der Waals surface area (Å²) in [6, 6.07) is 12.8. The topological polar surface area (TPSA) is 141 Å². The minimum Gasteiger partial charge on any atom is -0.442 e. The number of amides is 2. The van der Waals surface area contributed by atoms with E-state index in [-0.39, 0.29) is 24.7 Å². The molecule has 2 aromatic carbocycles. The number of nitro groups is 1. The molecule has 2 aliphatic heterocycles. The number of anilines is 3. The fourth-order valence-electron chi connectivity index (χ4n) is 4.93. The lowest BCUT2D eigenvalue weighted by Crippen LogP contribution is -2.60. The first-order chi connectivity index (χ1) is 17.9. The molecule has 0 aromatic heterocycles. The molecule has 2 unspecified atom stereocenters. The SMILES string of the molecule is CC(=O)NCC1CN(c2ccc(N3CCC(C#N)(Nc4ccc([N+](=O)[O-])cc4)C(C)(C)C3)c(F)c2)C(=O)O1. The highest BCUT2D eigenvalue weighted by Crippen LogP contribution is 2.43. The number of nitriles is 1. The number of benzene rings is 2. The molecule has 0 radical (unpaired) electrons. The molecule has 0 saturated carbocycles. The van der Waals surface area contributed by atoms with Gasteiger partial charge >= 0.3 is 6.09 Å². The third-order valence-corrected chi connectivity index (χ3v) is 7.16. The first-order valence-corrected chi connectivity index (χ1v) is 12.2. The highest BCUT2D eigenvalue weighted by atomic mass is 19.1. The Kier molecular flexibility index (Phi) is 7.13. The van der Waals surface area contributed by atoms with E-state index in [9.17, 15) is 25.0 Å². The lowest BCUT2D eigenvalue weighted by atomic mass is 9.68. The minimum absolute atomic E-state index is 0.0417. The van der Waals surface area contributed by atoms with Crippen LogP contribution in [0.2, 0.25) is 0 Å². The van der Waals surface area contributed by atoms with Crippen molar-refractivity contribution in [1.82, 2.24) is 5.32 Å². The lowest BCUT2D eigenvalue weighted by molar-refractivity contribution is -0.384. The number of nitrogens with zero attached hydrogens (tertiary/aromatic N) is 4. The quantitative estimate of drug-likeness (QED) is 0.412. The second-order valence-corrected chi connectivity index (χ2v) is 10.2. The number of rotatable bonds is 7. The predicted molar refractivity (Wildman–Crippen MR) is 138 cm³/mol. The number of nitro benzene ring substituents is 1. The molecular weight excluding hydrogens is 495 g/mol. The molecule has 0 bridgehead atoms. The Labute approximate surface area is 219 Å². The Hall–Kier alpha value is -4.40. The zero-order valence-electron chi connectivity index (χ0n) is 21.4. The van der Waals surface area contributed by atoms with Gasteiger partial charge in [0.15, 0.2) is 0 Å². The number of ether oxygens (including phenoxy) is 1. The molecule has 2 aliphatic rings. The van der Waals surface area contributed by atoms with Gasteiger partial charge in [-0.1, -0.05) is 13.8 Å². The zero-order valence-corrected chi connectivity index (χ0v) is 21.4. The van der Waals surface area contributed by atoms with Crippen molar-refractivity contribution in [3.05, 3.63) is 58.4 Å². The number of hydrogen-bond donors (Lipinski definition) is 2. The molecule has 2 aromatic rings. The Bertz CT molecular complexity index is 1290. The number of carbonyl (C=O) groups is 2. The molecule has 2 atom stereocenters. The normalized spacial score (nSPS) is 22.4. The second kappa shape index (κ2) is 10.2. The number of non-ortho nitro benzene ring substituents is 1. The summed E-state index contributed by atoms with van der Waals surface area (Å²) in [5, 5.41) is 27.0. The average molecular weight is 525 g/mol. The Morgan fingerprint density at radius 3 is 2.58 bits per heavy atom. The summed E-state index contributed by atoms with van der Waals surface area (Å²) in [6.07, 6.45) is -0.764. The highest BCUT2D eigenvalue weighted by molar-refractivity contribution is 5.90. The summed E-state index contributed by atoms with van der Waals surface area (Å²) in [6.45, 7) is 6.32. The van der Waals surface area contributed by atoms with Crippen LogP contribution in [0.4, 0.5) is 31.9 Å². The van der Waals surface area contributed by atoms with Crippen molar-refractivity contribution >= 4 is 34.7 Å². The van der Waals surface area contributed by atoms with Crippen LogP contribution in [-0.4, -0.2) is 54.7 Å². The smallest absolute Gasteiger partial charge is 0.414 e. The predicted octanol–water partition coefficient (Wildman–Crippen LogP) is 3.81. The van der Waals surface area contributed by atoms with Crippen molar-refractivity contribution < 1.29 is 23.6 Å². The van der Waals surface area contributed by atoms with E-state index >= 15 is 4.39 Å². The van der Waals surface area contributed by atoms with Crippen molar-refractivity contribution in [3.8, 4) is 6.07 Å². The van der Waals surface area contributed by atoms with Crippen molar-refractivity contribution in [2.45, 2.75) is 38.8 Å². The number of cyclic esters (lactones) is 1. The maximum Gasteiger partial charge on any atom is 0.414 e. The van der Waals surface area contributed by atoms with Crippen LogP contribution < -0.4 is 20.4 Å². The largest absolute Gasteiger partial charge is 0.442 e. The number of piperidine rings is 1. The fraction of sp³-hybridized carbons (Fsp3) is 0.423. The summed E-state index contributed by atoms with van der Waals surface area (Å²) < 4.78 is 20.6. The lowest BCUT2D eigenvalue weighted by Gasteiger charge is -2.50. The summed E-state index contributed by atoms with van der Waals surface area (Å²) >= 11 is 0. The second-order valence-electron chi connectivity index (χ2n) is 10.2. The van der Waals surface area contributed by atoms with Gasteiger partial charge in [-0.2, -0.15) is 5.26 Å². The zero-order chi connectivity index (χ0) is 27.7. The van der Waals surface area contributed by atoms with E-state index in [4.69, 9.17) is 4.74 Å².